The molecule has 1 N–H and O–H groups in total. The molecule has 2 aromatic rings. The molecule has 1 heteroatoms. The molecule has 0 aliphatic heterocycles. The van der Waals surface area contributed by atoms with Gasteiger partial charge in [-0.1, -0.05) is 95.9 Å². The molecule has 1 aliphatic carbocycles. The predicted molar refractivity (Wildman–Crippen MR) is 143 cm³/mol. The molecule has 3 rings (SSSR count). The highest BCUT2D eigenvalue weighted by Crippen LogP contribution is 2.35. The van der Waals surface area contributed by atoms with Crippen LogP contribution in [-0.4, -0.2) is 6.54 Å². The molecule has 32 heavy (non-hydrogen) atoms. The third-order valence-electron chi connectivity index (χ3n) is 7.75. The molecular formula is C31H47N. The Morgan fingerprint density at radius 1 is 0.719 bits per heavy atom. The summed E-state index contributed by atoms with van der Waals surface area (Å²) >= 11 is 0. The highest BCUT2D eigenvalue weighted by Gasteiger charge is 2.20. The Kier molecular flexibility index (Phi) is 10.2. The third-order valence-corrected chi connectivity index (χ3v) is 7.75. The summed E-state index contributed by atoms with van der Waals surface area (Å²) in [6.07, 6.45) is 16.7. The second-order valence-electron chi connectivity index (χ2n) is 10.4. The summed E-state index contributed by atoms with van der Waals surface area (Å²) in [5, 5.41) is 3.58. The second-order valence-corrected chi connectivity index (χ2v) is 10.4. The summed E-state index contributed by atoms with van der Waals surface area (Å²) in [5.74, 6) is 1.97. The van der Waals surface area contributed by atoms with Gasteiger partial charge < -0.3 is 5.32 Å². The van der Waals surface area contributed by atoms with Crippen molar-refractivity contribution in [3.05, 3.63) is 53.1 Å². The van der Waals surface area contributed by atoms with E-state index < -0.39 is 0 Å². The Morgan fingerprint density at radius 3 is 1.97 bits per heavy atom. The minimum absolute atomic E-state index is 0.951. The Bertz CT molecular complexity index is 813. The number of benzene rings is 2. The highest BCUT2D eigenvalue weighted by atomic mass is 14.9. The fourth-order valence-corrected chi connectivity index (χ4v) is 5.45. The Labute approximate surface area is 198 Å². The molecule has 2 aromatic carbocycles. The van der Waals surface area contributed by atoms with Crippen molar-refractivity contribution < 1.29 is 0 Å². The second kappa shape index (κ2) is 13.1. The zero-order valence-corrected chi connectivity index (χ0v) is 21.3. The molecule has 1 fully saturated rings. The molecule has 0 aromatic heterocycles. The van der Waals surface area contributed by atoms with Crippen LogP contribution in [0, 0.1) is 25.7 Å². The van der Waals surface area contributed by atoms with Crippen molar-refractivity contribution in [2.75, 3.05) is 11.9 Å². The molecule has 0 atom stereocenters. The van der Waals surface area contributed by atoms with Gasteiger partial charge in [0.05, 0.1) is 0 Å². The topological polar surface area (TPSA) is 12.0 Å². The van der Waals surface area contributed by atoms with E-state index in [-0.39, 0.29) is 0 Å². The number of anilines is 1. The van der Waals surface area contributed by atoms with Crippen LogP contribution in [0.1, 0.15) is 101 Å². The summed E-state index contributed by atoms with van der Waals surface area (Å²) in [6.45, 7) is 10.1. The van der Waals surface area contributed by atoms with Crippen LogP contribution in [0.25, 0.3) is 11.1 Å². The average molecular weight is 434 g/mol. The van der Waals surface area contributed by atoms with Crippen LogP contribution in [0.5, 0.6) is 0 Å². The molecule has 0 bridgehead atoms. The smallest absolute Gasteiger partial charge is 0.0370 e. The molecule has 0 heterocycles. The lowest BCUT2D eigenvalue weighted by Gasteiger charge is -2.28. The summed E-state index contributed by atoms with van der Waals surface area (Å²) in [4.78, 5) is 0. The standard InChI is InChI=1S/C31H47N/c1-5-7-9-10-26-11-13-27(14-12-26)15-16-28-17-18-29(22-24(28)3)30-19-20-31(25(4)23-30)32-21-8-6-2/h17-20,22-23,26-27,32H,5-16,21H2,1-4H3. The average Bonchev–Trinajstić information content (AvgIpc) is 2.80. The number of nitrogens with one attached hydrogen (secondary N) is 1. The molecule has 0 amide bonds. The number of rotatable bonds is 12. The normalized spacial score (nSPS) is 18.6. The van der Waals surface area contributed by atoms with Crippen molar-refractivity contribution in [1.82, 2.24) is 0 Å². The van der Waals surface area contributed by atoms with E-state index in [0.717, 1.165) is 18.4 Å². The van der Waals surface area contributed by atoms with E-state index in [4.69, 9.17) is 0 Å². The van der Waals surface area contributed by atoms with Crippen molar-refractivity contribution >= 4 is 5.69 Å². The number of aryl methyl sites for hydroxylation is 3. The van der Waals surface area contributed by atoms with Crippen LogP contribution >= 0.6 is 0 Å². The van der Waals surface area contributed by atoms with Crippen LogP contribution in [0.4, 0.5) is 5.69 Å². The minimum atomic E-state index is 0.951. The summed E-state index contributed by atoms with van der Waals surface area (Å²) in [5.41, 5.74) is 8.30. The summed E-state index contributed by atoms with van der Waals surface area (Å²) in [7, 11) is 0. The fourth-order valence-electron chi connectivity index (χ4n) is 5.45. The van der Waals surface area contributed by atoms with E-state index in [2.05, 4.69) is 69.4 Å². The van der Waals surface area contributed by atoms with Crippen molar-refractivity contribution in [2.45, 2.75) is 105 Å². The first-order valence-corrected chi connectivity index (χ1v) is 13.5. The van der Waals surface area contributed by atoms with Gasteiger partial charge in [-0.2, -0.15) is 0 Å². The van der Waals surface area contributed by atoms with Crippen molar-refractivity contribution in [1.29, 1.82) is 0 Å². The van der Waals surface area contributed by atoms with E-state index in [0.29, 0.717) is 0 Å². The van der Waals surface area contributed by atoms with E-state index in [1.165, 1.54) is 105 Å². The molecular weight excluding hydrogens is 386 g/mol. The van der Waals surface area contributed by atoms with Gasteiger partial charge >= 0.3 is 0 Å². The third kappa shape index (κ3) is 7.39. The highest BCUT2D eigenvalue weighted by molar-refractivity contribution is 5.69. The Balaban J connectivity index is 1.51. The number of hydrogen-bond donors (Lipinski definition) is 1. The Hall–Kier alpha value is -1.76. The maximum absolute atomic E-state index is 3.58. The quantitative estimate of drug-likeness (QED) is 0.329. The lowest BCUT2D eigenvalue weighted by molar-refractivity contribution is 0.249. The van der Waals surface area contributed by atoms with Crippen LogP contribution in [-0.2, 0) is 6.42 Å². The molecule has 176 valence electrons. The Morgan fingerprint density at radius 2 is 1.34 bits per heavy atom. The van der Waals surface area contributed by atoms with Gasteiger partial charge in [-0.15, -0.1) is 0 Å². The van der Waals surface area contributed by atoms with E-state index in [1.807, 2.05) is 0 Å². The van der Waals surface area contributed by atoms with Crippen LogP contribution in [0.2, 0.25) is 0 Å². The first-order valence-electron chi connectivity index (χ1n) is 13.5. The molecule has 1 saturated carbocycles. The van der Waals surface area contributed by atoms with Crippen molar-refractivity contribution in [3.8, 4) is 11.1 Å². The van der Waals surface area contributed by atoms with Crippen molar-refractivity contribution in [3.63, 3.8) is 0 Å². The zero-order valence-electron chi connectivity index (χ0n) is 21.3. The van der Waals surface area contributed by atoms with Gasteiger partial charge in [-0.3, -0.25) is 0 Å². The summed E-state index contributed by atoms with van der Waals surface area (Å²) in [6, 6.07) is 14.0. The van der Waals surface area contributed by atoms with Gasteiger partial charge in [0.25, 0.3) is 0 Å². The van der Waals surface area contributed by atoms with E-state index in [1.54, 1.807) is 5.56 Å². The number of hydrogen-bond acceptors (Lipinski definition) is 1. The molecule has 0 saturated heterocycles. The molecule has 0 spiro atoms. The van der Waals surface area contributed by atoms with Crippen LogP contribution in [0.15, 0.2) is 36.4 Å². The summed E-state index contributed by atoms with van der Waals surface area (Å²) < 4.78 is 0. The first-order chi connectivity index (χ1) is 15.6. The molecule has 1 nitrogen and oxygen atoms in total. The van der Waals surface area contributed by atoms with Crippen LogP contribution < -0.4 is 5.32 Å². The number of unbranched alkanes of at least 4 members (excludes halogenated alkanes) is 3. The minimum Gasteiger partial charge on any atom is -0.385 e. The largest absolute Gasteiger partial charge is 0.385 e. The lowest BCUT2D eigenvalue weighted by atomic mass is 9.77. The van der Waals surface area contributed by atoms with Gasteiger partial charge in [-0.25, -0.2) is 0 Å². The first kappa shape index (κ1) is 24.9. The van der Waals surface area contributed by atoms with Gasteiger partial charge in [0.1, 0.15) is 0 Å². The van der Waals surface area contributed by atoms with Crippen molar-refractivity contribution in [2.24, 2.45) is 11.8 Å². The SMILES string of the molecule is CCCCCC1CCC(CCc2ccc(-c3ccc(NCCCC)c(C)c3)cc2C)CC1. The van der Waals surface area contributed by atoms with E-state index in [9.17, 15) is 0 Å². The molecule has 1 aliphatic rings. The lowest BCUT2D eigenvalue weighted by Crippen LogP contribution is -2.15. The monoisotopic (exact) mass is 433 g/mol. The van der Waals surface area contributed by atoms with Gasteiger partial charge in [0, 0.05) is 12.2 Å². The van der Waals surface area contributed by atoms with Gasteiger partial charge in [0.2, 0.25) is 0 Å². The van der Waals surface area contributed by atoms with E-state index >= 15 is 0 Å². The molecule has 0 radical (unpaired) electrons. The fraction of sp³-hybridized carbons (Fsp3) is 0.613. The maximum atomic E-state index is 3.58. The molecule has 0 unspecified atom stereocenters. The van der Waals surface area contributed by atoms with Crippen LogP contribution in [0.3, 0.4) is 0 Å². The maximum Gasteiger partial charge on any atom is 0.0370 e. The predicted octanol–water partition coefficient (Wildman–Crippen LogP) is 9.50. The zero-order chi connectivity index (χ0) is 22.8. The van der Waals surface area contributed by atoms with Gasteiger partial charge in [-0.05, 0) is 84.9 Å². The van der Waals surface area contributed by atoms with Gasteiger partial charge in [0.15, 0.2) is 0 Å².